The summed E-state index contributed by atoms with van der Waals surface area (Å²) >= 11 is 0. The molecule has 0 spiro atoms. The maximum atomic E-state index is 13.0. The van der Waals surface area contributed by atoms with Crippen molar-refractivity contribution in [2.75, 3.05) is 13.2 Å². The van der Waals surface area contributed by atoms with Crippen LogP contribution in [0.25, 0.3) is 0 Å². The van der Waals surface area contributed by atoms with E-state index in [1.54, 1.807) is 0 Å². The quantitative estimate of drug-likeness (QED) is 0.0261. The minimum Gasteiger partial charge on any atom is -0.462 e. The maximum absolute atomic E-state index is 13.0. The first kappa shape index (κ1) is 77.3. The average Bonchev–Trinajstić information content (AvgIpc) is 3.46. The molecule has 0 heterocycles. The molecule has 0 amide bonds. The Hall–Kier alpha value is -3.67. The summed E-state index contributed by atoms with van der Waals surface area (Å²) in [6.45, 7) is 6.48. The number of ether oxygens (including phenoxy) is 3. The van der Waals surface area contributed by atoms with E-state index in [0.29, 0.717) is 19.3 Å². The lowest BCUT2D eigenvalue weighted by molar-refractivity contribution is -0.167. The predicted molar refractivity (Wildman–Crippen MR) is 353 cm³/mol. The molecule has 6 nitrogen and oxygen atoms in total. The van der Waals surface area contributed by atoms with E-state index in [-0.39, 0.29) is 31.1 Å². The second-order valence-electron chi connectivity index (χ2n) is 23.1. The standard InChI is InChI=1S/C75H130O6/c1-4-7-10-13-16-19-22-25-27-29-31-33-35-37-39-41-43-45-47-50-53-56-59-62-65-68-74(77)80-71-72(70-79-73(76)67-64-61-58-55-52-49-24-21-18-15-12-9-6-3)81-75(78)69-66-63-60-57-54-51-48-46-44-42-40-38-36-34-32-30-28-26-23-20-17-14-11-8-5-2/h7,10,12,15-16,19,21,23-27,30-33,72H,4-6,8-9,11,13-14,17-18,20,22,28-29,34-71H2,1-3H3/b10-7-,15-12-,19-16-,24-21-,26-23-,27-25-,32-30-,33-31-. The number of esters is 3. The molecule has 0 N–H and O–H groups in total. The summed E-state index contributed by atoms with van der Waals surface area (Å²) in [5, 5.41) is 0. The number of hydrogen-bond acceptors (Lipinski definition) is 6. The van der Waals surface area contributed by atoms with E-state index >= 15 is 0 Å². The molecule has 0 aromatic rings. The van der Waals surface area contributed by atoms with Gasteiger partial charge in [-0.1, -0.05) is 304 Å². The van der Waals surface area contributed by atoms with Gasteiger partial charge >= 0.3 is 17.9 Å². The molecule has 466 valence electrons. The molecule has 0 radical (unpaired) electrons. The summed E-state index contributed by atoms with van der Waals surface area (Å²) in [4.78, 5) is 38.4. The fourth-order valence-corrected chi connectivity index (χ4v) is 9.86. The van der Waals surface area contributed by atoms with E-state index < -0.39 is 6.10 Å². The van der Waals surface area contributed by atoms with Gasteiger partial charge in [0.15, 0.2) is 6.10 Å². The van der Waals surface area contributed by atoms with Crippen molar-refractivity contribution in [3.63, 3.8) is 0 Å². The minimum absolute atomic E-state index is 0.0815. The molecule has 0 aromatic heterocycles. The Balaban J connectivity index is 4.28. The van der Waals surface area contributed by atoms with Crippen molar-refractivity contribution in [2.45, 2.75) is 348 Å². The first-order valence-electron chi connectivity index (χ1n) is 34.7. The van der Waals surface area contributed by atoms with Crippen LogP contribution in [0.4, 0.5) is 0 Å². The van der Waals surface area contributed by atoms with Crippen LogP contribution in [0, 0.1) is 0 Å². The van der Waals surface area contributed by atoms with E-state index in [4.69, 9.17) is 14.2 Å². The van der Waals surface area contributed by atoms with Gasteiger partial charge in [-0.3, -0.25) is 14.4 Å². The van der Waals surface area contributed by atoms with Gasteiger partial charge in [-0.25, -0.2) is 0 Å². The van der Waals surface area contributed by atoms with Gasteiger partial charge in [-0.15, -0.1) is 0 Å². The third-order valence-electron chi connectivity index (χ3n) is 15.0. The summed E-state index contributed by atoms with van der Waals surface area (Å²) in [6, 6.07) is 0. The highest BCUT2D eigenvalue weighted by Crippen LogP contribution is 2.17. The van der Waals surface area contributed by atoms with Gasteiger partial charge in [-0.2, -0.15) is 0 Å². The molecule has 1 atom stereocenters. The zero-order valence-corrected chi connectivity index (χ0v) is 53.5. The van der Waals surface area contributed by atoms with Crippen LogP contribution in [0.1, 0.15) is 342 Å². The molecule has 0 rings (SSSR count). The third-order valence-corrected chi connectivity index (χ3v) is 15.0. The lowest BCUT2D eigenvalue weighted by Gasteiger charge is -2.18. The van der Waals surface area contributed by atoms with Crippen molar-refractivity contribution in [2.24, 2.45) is 0 Å². The van der Waals surface area contributed by atoms with E-state index in [9.17, 15) is 14.4 Å². The van der Waals surface area contributed by atoms with Crippen LogP contribution in [-0.4, -0.2) is 37.2 Å². The lowest BCUT2D eigenvalue weighted by atomic mass is 10.0. The van der Waals surface area contributed by atoms with Crippen molar-refractivity contribution in [3.05, 3.63) is 97.2 Å². The first-order valence-corrected chi connectivity index (χ1v) is 34.7. The molecule has 6 heteroatoms. The van der Waals surface area contributed by atoms with Crippen LogP contribution in [0.15, 0.2) is 97.2 Å². The Morgan fingerprint density at radius 2 is 0.506 bits per heavy atom. The van der Waals surface area contributed by atoms with Crippen molar-refractivity contribution in [3.8, 4) is 0 Å². The van der Waals surface area contributed by atoms with Crippen LogP contribution in [-0.2, 0) is 28.6 Å². The van der Waals surface area contributed by atoms with E-state index in [0.717, 1.165) is 116 Å². The molecule has 0 aliphatic rings. The Morgan fingerprint density at radius 1 is 0.259 bits per heavy atom. The summed E-state index contributed by atoms with van der Waals surface area (Å²) in [6.07, 6.45) is 92.9. The molecular weight excluding hydrogens is 997 g/mol. The van der Waals surface area contributed by atoms with Crippen LogP contribution < -0.4 is 0 Å². The number of rotatable bonds is 63. The molecule has 0 fully saturated rings. The van der Waals surface area contributed by atoms with Crippen molar-refractivity contribution < 1.29 is 28.6 Å². The largest absolute Gasteiger partial charge is 0.462 e. The monoisotopic (exact) mass is 1130 g/mol. The molecule has 81 heavy (non-hydrogen) atoms. The number of carbonyl (C=O) groups is 3. The Labute approximate surface area is 502 Å². The molecule has 0 aliphatic carbocycles. The molecule has 0 aromatic carbocycles. The fraction of sp³-hybridized carbons (Fsp3) is 0.747. The smallest absolute Gasteiger partial charge is 0.306 e. The van der Waals surface area contributed by atoms with Crippen LogP contribution in [0.2, 0.25) is 0 Å². The van der Waals surface area contributed by atoms with Crippen LogP contribution in [0.5, 0.6) is 0 Å². The van der Waals surface area contributed by atoms with E-state index in [2.05, 4.69) is 118 Å². The highest BCUT2D eigenvalue weighted by molar-refractivity contribution is 5.71. The Morgan fingerprint density at radius 3 is 0.802 bits per heavy atom. The number of carbonyl (C=O) groups excluding carboxylic acids is 3. The second-order valence-corrected chi connectivity index (χ2v) is 23.1. The molecule has 0 bridgehead atoms. The molecule has 0 aliphatic heterocycles. The summed E-state index contributed by atoms with van der Waals surface area (Å²) in [5.41, 5.74) is 0. The number of unbranched alkanes of at least 4 members (excludes halogenated alkanes) is 36. The average molecular weight is 1130 g/mol. The van der Waals surface area contributed by atoms with Gasteiger partial charge in [0, 0.05) is 19.3 Å². The van der Waals surface area contributed by atoms with Gasteiger partial charge in [0.2, 0.25) is 0 Å². The Kier molecular flexibility index (Phi) is 65.7. The lowest BCUT2D eigenvalue weighted by Crippen LogP contribution is -2.30. The summed E-state index contributed by atoms with van der Waals surface area (Å²) in [5.74, 6) is -0.884. The highest BCUT2D eigenvalue weighted by Gasteiger charge is 2.19. The third kappa shape index (κ3) is 67.0. The van der Waals surface area contributed by atoms with Crippen molar-refractivity contribution >= 4 is 17.9 Å². The first-order chi connectivity index (χ1) is 40.0. The summed E-state index contributed by atoms with van der Waals surface area (Å²) < 4.78 is 17.0. The number of hydrogen-bond donors (Lipinski definition) is 0. The van der Waals surface area contributed by atoms with Gasteiger partial charge in [0.05, 0.1) is 0 Å². The van der Waals surface area contributed by atoms with Crippen LogP contribution >= 0.6 is 0 Å². The predicted octanol–water partition coefficient (Wildman–Crippen LogP) is 24.0. The molecule has 1 unspecified atom stereocenters. The van der Waals surface area contributed by atoms with Gasteiger partial charge in [0.25, 0.3) is 0 Å². The van der Waals surface area contributed by atoms with Gasteiger partial charge < -0.3 is 14.2 Å². The normalized spacial score (nSPS) is 12.7. The van der Waals surface area contributed by atoms with Gasteiger partial charge in [-0.05, 0) is 116 Å². The van der Waals surface area contributed by atoms with E-state index in [1.165, 1.54) is 186 Å². The van der Waals surface area contributed by atoms with Crippen LogP contribution in [0.3, 0.4) is 0 Å². The van der Waals surface area contributed by atoms with E-state index in [1.807, 2.05) is 0 Å². The molecular formula is C75H130O6. The summed E-state index contributed by atoms with van der Waals surface area (Å²) in [7, 11) is 0. The van der Waals surface area contributed by atoms with Gasteiger partial charge in [0.1, 0.15) is 13.2 Å². The molecule has 0 saturated heterocycles. The molecule has 0 saturated carbocycles. The SMILES string of the molecule is CC/C=C\C/C=C\C/C=C\C/C=C\CCCCCCCCCCCCCCC(=O)OCC(COC(=O)CCCCCCC/C=C\C/C=C\CCC)OC(=O)CCCCCCCCCCCCCCC/C=C\C/C=C\CCCCCCC. The zero-order valence-electron chi connectivity index (χ0n) is 53.5. The Bertz CT molecular complexity index is 1580. The topological polar surface area (TPSA) is 78.9 Å². The maximum Gasteiger partial charge on any atom is 0.306 e. The highest BCUT2D eigenvalue weighted by atomic mass is 16.6. The minimum atomic E-state index is -0.786. The fourth-order valence-electron chi connectivity index (χ4n) is 9.86. The second kappa shape index (κ2) is 68.8. The zero-order chi connectivity index (χ0) is 58.5. The van der Waals surface area contributed by atoms with Crippen molar-refractivity contribution in [1.82, 2.24) is 0 Å². The number of allylic oxidation sites excluding steroid dienone is 16. The van der Waals surface area contributed by atoms with Crippen molar-refractivity contribution in [1.29, 1.82) is 0 Å².